The highest BCUT2D eigenvalue weighted by Gasteiger charge is 2.12. The van der Waals surface area contributed by atoms with Crippen molar-refractivity contribution < 1.29 is 4.79 Å². The van der Waals surface area contributed by atoms with Crippen molar-refractivity contribution in [1.29, 1.82) is 0 Å². The second-order valence-electron chi connectivity index (χ2n) is 6.30. The molecule has 0 fully saturated rings. The molecule has 1 aromatic heterocycles. The van der Waals surface area contributed by atoms with Crippen LogP contribution in [0, 0.1) is 0 Å². The number of amides is 1. The van der Waals surface area contributed by atoms with Gasteiger partial charge in [-0.1, -0.05) is 48.5 Å². The topological polar surface area (TPSA) is 72.9 Å². The van der Waals surface area contributed by atoms with E-state index in [0.29, 0.717) is 19.4 Å². The van der Waals surface area contributed by atoms with Crippen LogP contribution in [0.25, 0.3) is 5.69 Å². The predicted octanol–water partition coefficient (Wildman–Crippen LogP) is 2.49. The summed E-state index contributed by atoms with van der Waals surface area (Å²) in [5.41, 5.74) is 8.94. The second kappa shape index (κ2) is 8.97. The molecule has 3 rings (SSSR count). The van der Waals surface area contributed by atoms with Crippen LogP contribution in [-0.2, 0) is 17.6 Å². The fraction of sp³-hybridized carbons (Fsp3) is 0.238. The van der Waals surface area contributed by atoms with Gasteiger partial charge in [-0.3, -0.25) is 4.79 Å². The van der Waals surface area contributed by atoms with Crippen LogP contribution in [0.15, 0.2) is 73.2 Å². The quantitative estimate of drug-likeness (QED) is 0.657. The normalized spacial score (nSPS) is 11.9. The number of carbonyl (C=O) groups excluding carboxylic acids is 1. The maximum atomic E-state index is 12.3. The van der Waals surface area contributed by atoms with Gasteiger partial charge in [0.25, 0.3) is 0 Å². The minimum atomic E-state index is -0.0493. The summed E-state index contributed by atoms with van der Waals surface area (Å²) in [6.07, 6.45) is 5.49. The molecule has 0 aliphatic carbocycles. The number of nitrogens with two attached hydrogens (primary N) is 1. The number of imidazole rings is 1. The number of nitrogens with one attached hydrogen (secondary N) is 1. The van der Waals surface area contributed by atoms with Crippen LogP contribution in [0.5, 0.6) is 0 Å². The summed E-state index contributed by atoms with van der Waals surface area (Å²) < 4.78 is 1.96. The fourth-order valence-corrected chi connectivity index (χ4v) is 2.87. The SMILES string of the molecule is NCC(Cc1ccccc1)NC(=O)CCc1cn(-c2ccccc2)cn1. The zero-order chi connectivity index (χ0) is 18.2. The van der Waals surface area contributed by atoms with Gasteiger partial charge in [0, 0.05) is 30.9 Å². The van der Waals surface area contributed by atoms with Crippen LogP contribution in [0.3, 0.4) is 0 Å². The lowest BCUT2D eigenvalue weighted by Gasteiger charge is -2.16. The highest BCUT2D eigenvalue weighted by Crippen LogP contribution is 2.09. The Morgan fingerprint density at radius 2 is 1.77 bits per heavy atom. The lowest BCUT2D eigenvalue weighted by Crippen LogP contribution is -2.41. The monoisotopic (exact) mass is 348 g/mol. The third-order valence-electron chi connectivity index (χ3n) is 4.27. The number of nitrogens with zero attached hydrogens (tertiary/aromatic N) is 2. The first-order chi connectivity index (χ1) is 12.7. The van der Waals surface area contributed by atoms with Gasteiger partial charge >= 0.3 is 0 Å². The largest absolute Gasteiger partial charge is 0.352 e. The minimum absolute atomic E-state index is 0.00522. The molecule has 1 atom stereocenters. The van der Waals surface area contributed by atoms with Gasteiger partial charge in [-0.15, -0.1) is 0 Å². The molecule has 26 heavy (non-hydrogen) atoms. The van der Waals surface area contributed by atoms with Crippen molar-refractivity contribution in [2.45, 2.75) is 25.3 Å². The number of hydrogen-bond acceptors (Lipinski definition) is 3. The summed E-state index contributed by atoms with van der Waals surface area (Å²) >= 11 is 0. The molecule has 1 unspecified atom stereocenters. The summed E-state index contributed by atoms with van der Waals surface area (Å²) in [5.74, 6) is 0.00522. The molecule has 5 heteroatoms. The number of carbonyl (C=O) groups is 1. The van der Waals surface area contributed by atoms with Gasteiger partial charge in [-0.2, -0.15) is 0 Å². The van der Waals surface area contributed by atoms with Crippen LogP contribution in [0.4, 0.5) is 0 Å². The van der Waals surface area contributed by atoms with Crippen LogP contribution < -0.4 is 11.1 Å². The number of aryl methyl sites for hydroxylation is 1. The van der Waals surface area contributed by atoms with E-state index in [1.54, 1.807) is 6.33 Å². The molecule has 134 valence electrons. The van der Waals surface area contributed by atoms with Crippen LogP contribution >= 0.6 is 0 Å². The van der Waals surface area contributed by atoms with Crippen molar-refractivity contribution in [3.63, 3.8) is 0 Å². The Morgan fingerprint density at radius 1 is 1.08 bits per heavy atom. The molecular weight excluding hydrogens is 324 g/mol. The van der Waals surface area contributed by atoms with E-state index in [-0.39, 0.29) is 11.9 Å². The smallest absolute Gasteiger partial charge is 0.220 e. The van der Waals surface area contributed by atoms with Gasteiger partial charge in [0.15, 0.2) is 0 Å². The Kier molecular flexibility index (Phi) is 6.17. The molecule has 1 heterocycles. The standard InChI is InChI=1S/C21H24N4O/c22-14-19(13-17-7-3-1-4-8-17)24-21(26)12-11-18-15-25(16-23-18)20-9-5-2-6-10-20/h1-10,15-16,19H,11-14,22H2,(H,24,26). The van der Waals surface area contributed by atoms with Crippen molar-refractivity contribution in [2.24, 2.45) is 5.73 Å². The Labute approximate surface area is 153 Å². The van der Waals surface area contributed by atoms with E-state index in [0.717, 1.165) is 17.8 Å². The summed E-state index contributed by atoms with van der Waals surface area (Å²) in [7, 11) is 0. The Balaban J connectivity index is 1.50. The molecule has 0 spiro atoms. The molecule has 2 aromatic carbocycles. The van der Waals surface area contributed by atoms with Crippen molar-refractivity contribution in [3.05, 3.63) is 84.4 Å². The summed E-state index contributed by atoms with van der Waals surface area (Å²) in [6, 6.07) is 20.0. The maximum Gasteiger partial charge on any atom is 0.220 e. The zero-order valence-corrected chi connectivity index (χ0v) is 14.7. The number of para-hydroxylation sites is 1. The molecule has 0 saturated heterocycles. The summed E-state index contributed by atoms with van der Waals surface area (Å²) in [4.78, 5) is 16.6. The lowest BCUT2D eigenvalue weighted by atomic mass is 10.1. The molecule has 3 aromatic rings. The third kappa shape index (κ3) is 5.04. The molecular formula is C21H24N4O. The van der Waals surface area contributed by atoms with Gasteiger partial charge in [0.1, 0.15) is 0 Å². The number of benzene rings is 2. The predicted molar refractivity (Wildman–Crippen MR) is 103 cm³/mol. The molecule has 5 nitrogen and oxygen atoms in total. The van der Waals surface area contributed by atoms with Crippen molar-refractivity contribution in [1.82, 2.24) is 14.9 Å². The van der Waals surface area contributed by atoms with Crippen molar-refractivity contribution >= 4 is 5.91 Å². The van der Waals surface area contributed by atoms with E-state index in [4.69, 9.17) is 5.73 Å². The highest BCUT2D eigenvalue weighted by atomic mass is 16.1. The van der Waals surface area contributed by atoms with E-state index in [1.165, 1.54) is 5.56 Å². The molecule has 0 saturated carbocycles. The van der Waals surface area contributed by atoms with Crippen LogP contribution in [0.1, 0.15) is 17.7 Å². The van der Waals surface area contributed by atoms with Crippen molar-refractivity contribution in [3.8, 4) is 5.69 Å². The molecule has 0 radical (unpaired) electrons. The second-order valence-corrected chi connectivity index (χ2v) is 6.30. The van der Waals surface area contributed by atoms with E-state index in [1.807, 2.05) is 71.4 Å². The molecule has 0 aliphatic heterocycles. The average Bonchev–Trinajstić information content (AvgIpc) is 3.16. The van der Waals surface area contributed by atoms with E-state index in [2.05, 4.69) is 10.3 Å². The molecule has 0 aliphatic rings. The van der Waals surface area contributed by atoms with Crippen LogP contribution in [0.2, 0.25) is 0 Å². The molecule has 0 bridgehead atoms. The van der Waals surface area contributed by atoms with Gasteiger partial charge in [0.2, 0.25) is 5.91 Å². The lowest BCUT2D eigenvalue weighted by molar-refractivity contribution is -0.121. The highest BCUT2D eigenvalue weighted by molar-refractivity contribution is 5.76. The first-order valence-electron chi connectivity index (χ1n) is 8.86. The summed E-state index contributed by atoms with van der Waals surface area (Å²) in [5, 5.41) is 3.03. The Morgan fingerprint density at radius 3 is 2.46 bits per heavy atom. The van der Waals surface area contributed by atoms with E-state index >= 15 is 0 Å². The van der Waals surface area contributed by atoms with E-state index in [9.17, 15) is 4.79 Å². The first-order valence-corrected chi connectivity index (χ1v) is 8.86. The third-order valence-corrected chi connectivity index (χ3v) is 4.27. The number of rotatable bonds is 8. The van der Waals surface area contributed by atoms with E-state index < -0.39 is 0 Å². The van der Waals surface area contributed by atoms with Gasteiger partial charge < -0.3 is 15.6 Å². The minimum Gasteiger partial charge on any atom is -0.352 e. The maximum absolute atomic E-state index is 12.3. The molecule has 3 N–H and O–H groups in total. The molecule has 1 amide bonds. The first kappa shape index (κ1) is 17.9. The van der Waals surface area contributed by atoms with Gasteiger partial charge in [0.05, 0.1) is 12.0 Å². The average molecular weight is 348 g/mol. The van der Waals surface area contributed by atoms with Crippen molar-refractivity contribution in [2.75, 3.05) is 6.54 Å². The van der Waals surface area contributed by atoms with Gasteiger partial charge in [-0.05, 0) is 30.5 Å². The number of hydrogen-bond donors (Lipinski definition) is 2. The number of aromatic nitrogens is 2. The fourth-order valence-electron chi connectivity index (χ4n) is 2.87. The van der Waals surface area contributed by atoms with Crippen LogP contribution in [-0.4, -0.2) is 28.0 Å². The Hall–Kier alpha value is -2.92. The summed E-state index contributed by atoms with van der Waals surface area (Å²) in [6.45, 7) is 0.420. The zero-order valence-electron chi connectivity index (χ0n) is 14.7. The van der Waals surface area contributed by atoms with Gasteiger partial charge in [-0.25, -0.2) is 4.98 Å². The Bertz CT molecular complexity index is 814.